The van der Waals surface area contributed by atoms with Gasteiger partial charge in [0, 0.05) is 23.2 Å². The number of nitrogens with zero attached hydrogens (tertiary/aromatic N) is 1. The SMILES string of the molecule is Cc1cc(NC(=O)C2CCCN(Cc3ccc(Cl)c(Cl)c3)C2)ccc1Br. The summed E-state index contributed by atoms with van der Waals surface area (Å²) in [6.45, 7) is 4.53. The summed E-state index contributed by atoms with van der Waals surface area (Å²) in [5.41, 5.74) is 3.06. The first-order chi connectivity index (χ1) is 12.4. The van der Waals surface area contributed by atoms with E-state index in [-0.39, 0.29) is 11.8 Å². The number of anilines is 1. The average Bonchev–Trinajstić information content (AvgIpc) is 2.61. The summed E-state index contributed by atoms with van der Waals surface area (Å²) in [6.07, 6.45) is 1.93. The van der Waals surface area contributed by atoms with Crippen LogP contribution in [0.1, 0.15) is 24.0 Å². The molecule has 1 fully saturated rings. The third-order valence-electron chi connectivity index (χ3n) is 4.69. The highest BCUT2D eigenvalue weighted by molar-refractivity contribution is 9.10. The van der Waals surface area contributed by atoms with Crippen molar-refractivity contribution in [1.29, 1.82) is 0 Å². The Morgan fingerprint density at radius 2 is 2.04 bits per heavy atom. The highest BCUT2D eigenvalue weighted by atomic mass is 79.9. The predicted octanol–water partition coefficient (Wildman–Crippen LogP) is 5.92. The number of hydrogen-bond donors (Lipinski definition) is 1. The van der Waals surface area contributed by atoms with E-state index >= 15 is 0 Å². The summed E-state index contributed by atoms with van der Waals surface area (Å²) in [7, 11) is 0. The number of nitrogens with one attached hydrogen (secondary N) is 1. The molecule has 3 nitrogen and oxygen atoms in total. The highest BCUT2D eigenvalue weighted by Gasteiger charge is 2.26. The fourth-order valence-electron chi connectivity index (χ4n) is 3.28. The van der Waals surface area contributed by atoms with Gasteiger partial charge in [0.2, 0.25) is 5.91 Å². The van der Waals surface area contributed by atoms with Crippen molar-refractivity contribution in [3.05, 3.63) is 62.0 Å². The third-order valence-corrected chi connectivity index (χ3v) is 6.32. The minimum absolute atomic E-state index is 0.00419. The van der Waals surface area contributed by atoms with Gasteiger partial charge in [-0.1, -0.05) is 45.2 Å². The van der Waals surface area contributed by atoms with Gasteiger partial charge >= 0.3 is 0 Å². The second-order valence-electron chi connectivity index (χ2n) is 6.78. The first kappa shape index (κ1) is 19.7. The lowest BCUT2D eigenvalue weighted by molar-refractivity contribution is -0.121. The summed E-state index contributed by atoms with van der Waals surface area (Å²) in [5, 5.41) is 4.19. The number of amides is 1. The molecule has 0 saturated carbocycles. The molecule has 0 bridgehead atoms. The van der Waals surface area contributed by atoms with E-state index in [1.165, 1.54) is 0 Å². The zero-order valence-corrected chi connectivity index (χ0v) is 17.7. The van der Waals surface area contributed by atoms with Gasteiger partial charge < -0.3 is 5.32 Å². The Balaban J connectivity index is 1.61. The number of hydrogen-bond acceptors (Lipinski definition) is 2. The first-order valence-corrected chi connectivity index (χ1v) is 10.2. The zero-order chi connectivity index (χ0) is 18.7. The monoisotopic (exact) mass is 454 g/mol. The molecule has 0 spiro atoms. The Morgan fingerprint density at radius 3 is 2.77 bits per heavy atom. The maximum atomic E-state index is 12.7. The quantitative estimate of drug-likeness (QED) is 0.620. The summed E-state index contributed by atoms with van der Waals surface area (Å²) in [6, 6.07) is 11.6. The molecule has 6 heteroatoms. The molecule has 1 unspecified atom stereocenters. The topological polar surface area (TPSA) is 32.3 Å². The molecule has 1 saturated heterocycles. The van der Waals surface area contributed by atoms with Crippen LogP contribution >= 0.6 is 39.1 Å². The molecule has 0 aromatic heterocycles. The lowest BCUT2D eigenvalue weighted by Crippen LogP contribution is -2.40. The van der Waals surface area contributed by atoms with Crippen molar-refractivity contribution >= 4 is 50.7 Å². The van der Waals surface area contributed by atoms with Crippen molar-refractivity contribution in [1.82, 2.24) is 4.90 Å². The summed E-state index contributed by atoms with van der Waals surface area (Å²) in [4.78, 5) is 15.0. The van der Waals surface area contributed by atoms with Gasteiger partial charge in [0.1, 0.15) is 0 Å². The molecule has 3 rings (SSSR count). The molecular formula is C20H21BrCl2N2O. The molecule has 1 N–H and O–H groups in total. The number of halogens is 3. The van der Waals surface area contributed by atoms with Crippen LogP contribution in [0.5, 0.6) is 0 Å². The van der Waals surface area contributed by atoms with E-state index in [1.54, 1.807) is 0 Å². The van der Waals surface area contributed by atoms with Gasteiger partial charge in [0.15, 0.2) is 0 Å². The average molecular weight is 456 g/mol. The maximum Gasteiger partial charge on any atom is 0.228 e. The Bertz CT molecular complexity index is 812. The molecule has 138 valence electrons. The van der Waals surface area contributed by atoms with E-state index < -0.39 is 0 Å². The normalized spacial score (nSPS) is 17.9. The fraction of sp³-hybridized carbons (Fsp3) is 0.350. The molecule has 2 aromatic rings. The van der Waals surface area contributed by atoms with Gasteiger partial charge in [-0.05, 0) is 67.8 Å². The smallest absolute Gasteiger partial charge is 0.228 e. The molecule has 2 aromatic carbocycles. The van der Waals surface area contributed by atoms with Gasteiger partial charge in [-0.3, -0.25) is 9.69 Å². The van der Waals surface area contributed by atoms with Crippen molar-refractivity contribution in [3.8, 4) is 0 Å². The second kappa shape index (κ2) is 8.75. The zero-order valence-electron chi connectivity index (χ0n) is 14.6. The Labute approximate surface area is 172 Å². The van der Waals surface area contributed by atoms with Crippen LogP contribution < -0.4 is 5.32 Å². The Kier molecular flexibility index (Phi) is 6.62. The molecule has 26 heavy (non-hydrogen) atoms. The molecule has 1 atom stereocenters. The van der Waals surface area contributed by atoms with Crippen LogP contribution in [0.4, 0.5) is 5.69 Å². The van der Waals surface area contributed by atoms with Gasteiger partial charge in [-0.25, -0.2) is 0 Å². The number of carbonyl (C=O) groups is 1. The molecule has 0 radical (unpaired) electrons. The van der Waals surface area contributed by atoms with Crippen LogP contribution in [0.3, 0.4) is 0 Å². The van der Waals surface area contributed by atoms with E-state index in [4.69, 9.17) is 23.2 Å². The highest BCUT2D eigenvalue weighted by Crippen LogP contribution is 2.26. The fourth-order valence-corrected chi connectivity index (χ4v) is 3.84. The number of aryl methyl sites for hydroxylation is 1. The van der Waals surface area contributed by atoms with Gasteiger partial charge in [-0.15, -0.1) is 0 Å². The molecule has 1 heterocycles. The van der Waals surface area contributed by atoms with Crippen LogP contribution in [-0.2, 0) is 11.3 Å². The minimum atomic E-state index is -0.00419. The molecular weight excluding hydrogens is 435 g/mol. The van der Waals surface area contributed by atoms with Crippen molar-refractivity contribution in [3.63, 3.8) is 0 Å². The van der Waals surface area contributed by atoms with Gasteiger partial charge in [0.05, 0.1) is 16.0 Å². The van der Waals surface area contributed by atoms with Crippen molar-refractivity contribution < 1.29 is 4.79 Å². The second-order valence-corrected chi connectivity index (χ2v) is 8.44. The van der Waals surface area contributed by atoms with E-state index in [2.05, 4.69) is 26.1 Å². The molecule has 1 aliphatic heterocycles. The number of benzene rings is 2. The number of likely N-dealkylation sites (tertiary alicyclic amines) is 1. The summed E-state index contributed by atoms with van der Waals surface area (Å²) >= 11 is 15.6. The van der Waals surface area contributed by atoms with Crippen LogP contribution in [0.25, 0.3) is 0 Å². The number of rotatable bonds is 4. The lowest BCUT2D eigenvalue weighted by Gasteiger charge is -2.32. The lowest BCUT2D eigenvalue weighted by atomic mass is 9.96. The van der Waals surface area contributed by atoms with Gasteiger partial charge in [0.25, 0.3) is 0 Å². The van der Waals surface area contributed by atoms with E-state index in [1.807, 2.05) is 43.3 Å². The van der Waals surface area contributed by atoms with Gasteiger partial charge in [-0.2, -0.15) is 0 Å². The number of carbonyl (C=O) groups excluding carboxylic acids is 1. The van der Waals surface area contributed by atoms with Crippen molar-refractivity contribution in [2.75, 3.05) is 18.4 Å². The summed E-state index contributed by atoms with van der Waals surface area (Å²) < 4.78 is 1.04. The van der Waals surface area contributed by atoms with Crippen LogP contribution in [0, 0.1) is 12.8 Å². The molecule has 1 amide bonds. The summed E-state index contributed by atoms with van der Waals surface area (Å²) in [5.74, 6) is 0.0843. The van der Waals surface area contributed by atoms with E-state index in [9.17, 15) is 4.79 Å². The van der Waals surface area contributed by atoms with E-state index in [0.29, 0.717) is 10.0 Å². The van der Waals surface area contributed by atoms with Crippen LogP contribution in [0.15, 0.2) is 40.9 Å². The molecule has 0 aliphatic carbocycles. The van der Waals surface area contributed by atoms with Crippen LogP contribution in [0.2, 0.25) is 10.0 Å². The largest absolute Gasteiger partial charge is 0.326 e. The first-order valence-electron chi connectivity index (χ1n) is 8.65. The standard InChI is InChI=1S/C20H21BrCl2N2O/c1-13-9-16(5-6-17(13)21)24-20(26)15-3-2-8-25(12-15)11-14-4-7-18(22)19(23)10-14/h4-7,9-10,15H,2-3,8,11-12H2,1H3,(H,24,26). The maximum absolute atomic E-state index is 12.7. The van der Waals surface area contributed by atoms with Crippen molar-refractivity contribution in [2.24, 2.45) is 5.92 Å². The Hall–Kier alpha value is -1.07. The predicted molar refractivity (Wildman–Crippen MR) is 112 cm³/mol. The number of piperidine rings is 1. The molecule has 1 aliphatic rings. The third kappa shape index (κ3) is 5.01. The van der Waals surface area contributed by atoms with Crippen LogP contribution in [-0.4, -0.2) is 23.9 Å². The van der Waals surface area contributed by atoms with Crippen molar-refractivity contribution in [2.45, 2.75) is 26.3 Å². The minimum Gasteiger partial charge on any atom is -0.326 e. The van der Waals surface area contributed by atoms with E-state index in [0.717, 1.165) is 53.8 Å². The Morgan fingerprint density at radius 1 is 1.23 bits per heavy atom.